The van der Waals surface area contributed by atoms with E-state index in [-0.39, 0.29) is 5.60 Å². The standard InChI is InChI=1S/C16H29NOS/c1-2-13-4-3-5-14(10-13)17-15-6-8-18-16(11-15)7-9-19-12-16/h13-15,17H,2-12H2,1H3. The molecule has 1 aliphatic carbocycles. The number of hydrogen-bond donors (Lipinski definition) is 1. The maximum atomic E-state index is 6.13. The Hall–Kier alpha value is 0.270. The molecule has 3 rings (SSSR count). The third-order valence-electron chi connectivity index (χ3n) is 5.39. The van der Waals surface area contributed by atoms with Crippen molar-refractivity contribution in [3.8, 4) is 0 Å². The molecular weight excluding hydrogens is 254 g/mol. The van der Waals surface area contributed by atoms with Gasteiger partial charge in [-0.15, -0.1) is 0 Å². The lowest BCUT2D eigenvalue weighted by atomic mass is 9.83. The van der Waals surface area contributed by atoms with Gasteiger partial charge in [-0.05, 0) is 43.8 Å². The van der Waals surface area contributed by atoms with Crippen molar-refractivity contribution in [1.82, 2.24) is 5.32 Å². The van der Waals surface area contributed by atoms with Crippen LogP contribution in [0.4, 0.5) is 0 Å². The molecule has 4 unspecified atom stereocenters. The Morgan fingerprint density at radius 3 is 3.00 bits per heavy atom. The third kappa shape index (κ3) is 3.48. The molecule has 110 valence electrons. The average molecular weight is 283 g/mol. The molecule has 0 radical (unpaired) electrons. The Morgan fingerprint density at radius 1 is 1.26 bits per heavy atom. The van der Waals surface area contributed by atoms with Gasteiger partial charge in [0, 0.05) is 24.4 Å². The van der Waals surface area contributed by atoms with Gasteiger partial charge in [0.25, 0.3) is 0 Å². The van der Waals surface area contributed by atoms with Crippen molar-refractivity contribution in [1.29, 1.82) is 0 Å². The number of thioether (sulfide) groups is 1. The summed E-state index contributed by atoms with van der Waals surface area (Å²) in [4.78, 5) is 0. The van der Waals surface area contributed by atoms with Crippen LogP contribution in [0.15, 0.2) is 0 Å². The van der Waals surface area contributed by atoms with Crippen molar-refractivity contribution in [3.63, 3.8) is 0 Å². The summed E-state index contributed by atoms with van der Waals surface area (Å²) < 4.78 is 6.13. The van der Waals surface area contributed by atoms with Crippen LogP contribution < -0.4 is 5.32 Å². The summed E-state index contributed by atoms with van der Waals surface area (Å²) in [6, 6.07) is 1.50. The second-order valence-electron chi connectivity index (χ2n) is 6.83. The molecule has 1 N–H and O–H groups in total. The van der Waals surface area contributed by atoms with E-state index in [0.717, 1.165) is 18.6 Å². The van der Waals surface area contributed by atoms with Gasteiger partial charge in [0.05, 0.1) is 5.60 Å². The molecule has 0 aromatic carbocycles. The highest BCUT2D eigenvalue weighted by atomic mass is 32.2. The summed E-state index contributed by atoms with van der Waals surface area (Å²) in [6.07, 6.45) is 10.8. The van der Waals surface area contributed by atoms with Crippen LogP contribution in [0.2, 0.25) is 0 Å². The van der Waals surface area contributed by atoms with Crippen molar-refractivity contribution >= 4 is 11.8 Å². The normalized spacial score (nSPS) is 43.7. The van der Waals surface area contributed by atoms with Gasteiger partial charge in [-0.25, -0.2) is 0 Å². The molecule has 1 spiro atoms. The molecule has 2 nitrogen and oxygen atoms in total. The summed E-state index contributed by atoms with van der Waals surface area (Å²) in [6.45, 7) is 3.33. The minimum Gasteiger partial charge on any atom is -0.374 e. The van der Waals surface area contributed by atoms with Crippen molar-refractivity contribution in [2.45, 2.75) is 76.0 Å². The molecule has 4 atom stereocenters. The molecule has 0 amide bonds. The van der Waals surface area contributed by atoms with Crippen molar-refractivity contribution in [3.05, 3.63) is 0 Å². The van der Waals surface area contributed by atoms with Crippen LogP contribution in [0.3, 0.4) is 0 Å². The van der Waals surface area contributed by atoms with Crippen LogP contribution in [0.5, 0.6) is 0 Å². The molecule has 2 saturated heterocycles. The van der Waals surface area contributed by atoms with E-state index in [4.69, 9.17) is 4.74 Å². The maximum absolute atomic E-state index is 6.13. The fourth-order valence-corrected chi connectivity index (χ4v) is 5.56. The van der Waals surface area contributed by atoms with E-state index in [1.807, 2.05) is 0 Å². The van der Waals surface area contributed by atoms with Gasteiger partial charge in [-0.2, -0.15) is 11.8 Å². The zero-order chi connectivity index (χ0) is 13.1. The Bertz CT molecular complexity index is 290. The zero-order valence-corrected chi connectivity index (χ0v) is 13.1. The fourth-order valence-electron chi connectivity index (χ4n) is 4.18. The largest absolute Gasteiger partial charge is 0.374 e. The van der Waals surface area contributed by atoms with Crippen molar-refractivity contribution in [2.24, 2.45) is 5.92 Å². The Balaban J connectivity index is 1.51. The SMILES string of the molecule is CCC1CCCC(NC2CCOC3(CCSC3)C2)C1. The van der Waals surface area contributed by atoms with E-state index in [9.17, 15) is 0 Å². The summed E-state index contributed by atoms with van der Waals surface area (Å²) >= 11 is 2.08. The van der Waals surface area contributed by atoms with Gasteiger partial charge in [0.2, 0.25) is 0 Å². The van der Waals surface area contributed by atoms with Crippen LogP contribution >= 0.6 is 11.8 Å². The topological polar surface area (TPSA) is 21.3 Å². The second-order valence-corrected chi connectivity index (χ2v) is 7.93. The van der Waals surface area contributed by atoms with E-state index in [1.54, 1.807) is 0 Å². The first-order valence-electron chi connectivity index (χ1n) is 8.27. The quantitative estimate of drug-likeness (QED) is 0.855. The van der Waals surface area contributed by atoms with Crippen molar-refractivity contribution < 1.29 is 4.74 Å². The van der Waals surface area contributed by atoms with Gasteiger partial charge in [-0.1, -0.05) is 26.2 Å². The second kappa shape index (κ2) is 6.36. The molecule has 1 saturated carbocycles. The first kappa shape index (κ1) is 14.2. The summed E-state index contributed by atoms with van der Waals surface area (Å²) in [7, 11) is 0. The van der Waals surface area contributed by atoms with E-state index in [2.05, 4.69) is 24.0 Å². The lowest BCUT2D eigenvalue weighted by Gasteiger charge is -2.41. The van der Waals surface area contributed by atoms with E-state index >= 15 is 0 Å². The molecular formula is C16H29NOS. The summed E-state index contributed by atoms with van der Waals surface area (Å²) in [5.74, 6) is 3.50. The number of ether oxygens (including phenoxy) is 1. The predicted molar refractivity (Wildman–Crippen MR) is 82.8 cm³/mol. The van der Waals surface area contributed by atoms with Crippen LogP contribution in [0.25, 0.3) is 0 Å². The highest BCUT2D eigenvalue weighted by molar-refractivity contribution is 7.99. The Kier molecular flexibility index (Phi) is 4.76. The van der Waals surface area contributed by atoms with E-state index in [0.29, 0.717) is 6.04 Å². The van der Waals surface area contributed by atoms with Crippen LogP contribution in [-0.2, 0) is 4.74 Å². The monoisotopic (exact) mass is 283 g/mol. The lowest BCUT2D eigenvalue weighted by molar-refractivity contribution is -0.0720. The highest BCUT2D eigenvalue weighted by Gasteiger charge is 2.40. The Labute approximate surface area is 122 Å². The van der Waals surface area contributed by atoms with Crippen LogP contribution in [-0.4, -0.2) is 35.8 Å². The molecule has 0 bridgehead atoms. The predicted octanol–water partition coefficient (Wildman–Crippen LogP) is 3.60. The number of hydrogen-bond acceptors (Lipinski definition) is 3. The minimum absolute atomic E-state index is 0.236. The first-order valence-corrected chi connectivity index (χ1v) is 9.43. The highest BCUT2D eigenvalue weighted by Crippen LogP contribution is 2.38. The molecule has 2 aliphatic heterocycles. The molecule has 19 heavy (non-hydrogen) atoms. The molecule has 3 heteroatoms. The van der Waals surface area contributed by atoms with E-state index in [1.165, 1.54) is 62.9 Å². The van der Waals surface area contributed by atoms with Gasteiger partial charge < -0.3 is 10.1 Å². The Morgan fingerprint density at radius 2 is 2.21 bits per heavy atom. The summed E-state index contributed by atoms with van der Waals surface area (Å²) in [5, 5.41) is 3.98. The average Bonchev–Trinajstić information content (AvgIpc) is 2.87. The zero-order valence-electron chi connectivity index (χ0n) is 12.3. The molecule has 3 aliphatic rings. The minimum atomic E-state index is 0.236. The van der Waals surface area contributed by atoms with Crippen LogP contribution in [0, 0.1) is 5.92 Å². The third-order valence-corrected chi connectivity index (χ3v) is 6.61. The van der Waals surface area contributed by atoms with Gasteiger partial charge in [-0.3, -0.25) is 0 Å². The number of nitrogens with one attached hydrogen (secondary N) is 1. The van der Waals surface area contributed by atoms with Crippen molar-refractivity contribution in [2.75, 3.05) is 18.1 Å². The van der Waals surface area contributed by atoms with Gasteiger partial charge in [0.15, 0.2) is 0 Å². The smallest absolute Gasteiger partial charge is 0.0795 e. The van der Waals surface area contributed by atoms with Gasteiger partial charge >= 0.3 is 0 Å². The first-order chi connectivity index (χ1) is 9.30. The molecule has 0 aromatic heterocycles. The molecule has 0 aromatic rings. The number of rotatable bonds is 3. The van der Waals surface area contributed by atoms with E-state index < -0.39 is 0 Å². The maximum Gasteiger partial charge on any atom is 0.0795 e. The summed E-state index contributed by atoms with van der Waals surface area (Å²) in [5.41, 5.74) is 0.236. The van der Waals surface area contributed by atoms with Crippen LogP contribution in [0.1, 0.15) is 58.3 Å². The molecule has 2 heterocycles. The van der Waals surface area contributed by atoms with Gasteiger partial charge in [0.1, 0.15) is 0 Å². The molecule has 3 fully saturated rings. The lowest BCUT2D eigenvalue weighted by Crippen LogP contribution is -2.50. The fraction of sp³-hybridized carbons (Fsp3) is 1.00.